The number of methoxy groups -OCH3 is 1. The molecule has 0 aliphatic rings. The van der Waals surface area contributed by atoms with E-state index in [0.717, 1.165) is 4.90 Å². The van der Waals surface area contributed by atoms with Gasteiger partial charge in [0, 0.05) is 24.0 Å². The molecular formula is C8H10O3S. The molecule has 0 bridgehead atoms. The molecule has 0 radical (unpaired) electrons. The highest BCUT2D eigenvalue weighted by Gasteiger charge is 1.93. The van der Waals surface area contributed by atoms with Crippen molar-refractivity contribution >= 4 is 12.0 Å². The Hall–Kier alpha value is -0.710. The van der Waals surface area contributed by atoms with Crippen LogP contribution < -0.4 is 0 Å². The standard InChI is InChI=1S/C8H10O3S/c1-10-6-11-12-8-4-2-7(9)3-5-8/h2-5,9H,6H2,1H3. The molecule has 0 amide bonds. The number of phenolic OH excluding ortho intramolecular Hbond substituents is 1. The van der Waals surface area contributed by atoms with Crippen LogP contribution in [0, 0.1) is 0 Å². The zero-order valence-electron chi connectivity index (χ0n) is 6.69. The van der Waals surface area contributed by atoms with Gasteiger partial charge in [0.1, 0.15) is 5.75 Å². The largest absolute Gasteiger partial charge is 0.508 e. The Bertz CT molecular complexity index is 222. The summed E-state index contributed by atoms with van der Waals surface area (Å²) in [6.07, 6.45) is 0. The lowest BCUT2D eigenvalue weighted by molar-refractivity contribution is 0.0670. The molecule has 0 aliphatic heterocycles. The highest BCUT2D eigenvalue weighted by molar-refractivity contribution is 7.94. The van der Waals surface area contributed by atoms with Crippen molar-refractivity contribution in [2.45, 2.75) is 4.90 Å². The number of aromatic hydroxyl groups is 1. The van der Waals surface area contributed by atoms with Gasteiger partial charge < -0.3 is 9.84 Å². The van der Waals surface area contributed by atoms with Crippen molar-refractivity contribution in [3.63, 3.8) is 0 Å². The summed E-state index contributed by atoms with van der Waals surface area (Å²) in [6.45, 7) is 0.255. The van der Waals surface area contributed by atoms with Crippen LogP contribution in [-0.2, 0) is 8.92 Å². The first-order chi connectivity index (χ1) is 5.83. The zero-order chi connectivity index (χ0) is 8.81. The Labute approximate surface area is 75.5 Å². The second kappa shape index (κ2) is 5.03. The fraction of sp³-hybridized carbons (Fsp3) is 0.250. The van der Waals surface area contributed by atoms with E-state index in [4.69, 9.17) is 14.0 Å². The summed E-state index contributed by atoms with van der Waals surface area (Å²) < 4.78 is 9.72. The van der Waals surface area contributed by atoms with Gasteiger partial charge in [-0.25, -0.2) is 0 Å². The quantitative estimate of drug-likeness (QED) is 0.443. The molecule has 0 fully saturated rings. The summed E-state index contributed by atoms with van der Waals surface area (Å²) in [5.41, 5.74) is 0. The predicted octanol–water partition coefficient (Wildman–Crippen LogP) is 2.02. The molecule has 1 rings (SSSR count). The van der Waals surface area contributed by atoms with Crippen molar-refractivity contribution in [3.05, 3.63) is 24.3 Å². The third kappa shape index (κ3) is 3.13. The molecule has 4 heteroatoms. The van der Waals surface area contributed by atoms with Gasteiger partial charge in [0.2, 0.25) is 0 Å². The first-order valence-corrected chi connectivity index (χ1v) is 4.14. The maximum atomic E-state index is 8.95. The average Bonchev–Trinajstić information content (AvgIpc) is 2.09. The molecule has 0 heterocycles. The van der Waals surface area contributed by atoms with Crippen LogP contribution in [0.25, 0.3) is 0 Å². The van der Waals surface area contributed by atoms with Gasteiger partial charge in [-0.15, -0.1) is 0 Å². The van der Waals surface area contributed by atoms with Gasteiger partial charge in [-0.05, 0) is 24.3 Å². The highest BCUT2D eigenvalue weighted by atomic mass is 32.2. The van der Waals surface area contributed by atoms with Crippen molar-refractivity contribution in [2.24, 2.45) is 0 Å². The molecule has 0 unspecified atom stereocenters. The second-order valence-corrected chi connectivity index (χ2v) is 2.98. The molecule has 0 aromatic heterocycles. The topological polar surface area (TPSA) is 38.7 Å². The van der Waals surface area contributed by atoms with Crippen LogP contribution in [-0.4, -0.2) is 19.0 Å². The van der Waals surface area contributed by atoms with E-state index in [2.05, 4.69) is 0 Å². The molecule has 1 aromatic rings. The van der Waals surface area contributed by atoms with Crippen LogP contribution in [0.1, 0.15) is 0 Å². The summed E-state index contributed by atoms with van der Waals surface area (Å²) in [7, 11) is 1.57. The normalized spacial score (nSPS) is 10.1. The Balaban J connectivity index is 2.37. The minimum absolute atomic E-state index is 0.255. The van der Waals surface area contributed by atoms with Crippen molar-refractivity contribution in [1.82, 2.24) is 0 Å². The van der Waals surface area contributed by atoms with Crippen LogP contribution in [0.5, 0.6) is 5.75 Å². The maximum Gasteiger partial charge on any atom is 0.160 e. The number of hydrogen-bond donors (Lipinski definition) is 1. The van der Waals surface area contributed by atoms with Gasteiger partial charge in [0.05, 0.1) is 0 Å². The first-order valence-electron chi connectivity index (χ1n) is 3.40. The average molecular weight is 186 g/mol. The van der Waals surface area contributed by atoms with Gasteiger partial charge in [0.25, 0.3) is 0 Å². The first kappa shape index (κ1) is 9.38. The van der Waals surface area contributed by atoms with Crippen LogP contribution in [0.2, 0.25) is 0 Å². The lowest BCUT2D eigenvalue weighted by atomic mass is 10.3. The summed E-state index contributed by atoms with van der Waals surface area (Å²) in [4.78, 5) is 0.935. The molecule has 12 heavy (non-hydrogen) atoms. The van der Waals surface area contributed by atoms with E-state index in [1.807, 2.05) is 0 Å². The third-order valence-electron chi connectivity index (χ3n) is 1.16. The summed E-state index contributed by atoms with van der Waals surface area (Å²) in [5.74, 6) is 0.256. The molecule has 1 aromatic carbocycles. The maximum absolute atomic E-state index is 8.95. The summed E-state index contributed by atoms with van der Waals surface area (Å²) >= 11 is 1.22. The number of hydrogen-bond acceptors (Lipinski definition) is 4. The number of rotatable bonds is 4. The van der Waals surface area contributed by atoms with Gasteiger partial charge in [-0.3, -0.25) is 4.18 Å². The van der Waals surface area contributed by atoms with E-state index in [-0.39, 0.29) is 12.5 Å². The van der Waals surface area contributed by atoms with E-state index >= 15 is 0 Å². The Kier molecular flexibility index (Phi) is 3.93. The van der Waals surface area contributed by atoms with Gasteiger partial charge >= 0.3 is 0 Å². The van der Waals surface area contributed by atoms with Crippen LogP contribution >= 0.6 is 12.0 Å². The molecule has 0 saturated carbocycles. The summed E-state index contributed by atoms with van der Waals surface area (Å²) in [5, 5.41) is 8.95. The number of benzene rings is 1. The number of ether oxygens (including phenoxy) is 1. The van der Waals surface area contributed by atoms with Crippen LogP contribution in [0.4, 0.5) is 0 Å². The minimum Gasteiger partial charge on any atom is -0.508 e. The molecule has 0 atom stereocenters. The molecule has 0 aliphatic carbocycles. The Morgan fingerprint density at radius 2 is 2.00 bits per heavy atom. The third-order valence-corrected chi connectivity index (χ3v) is 1.84. The molecule has 66 valence electrons. The Morgan fingerprint density at radius 1 is 1.33 bits per heavy atom. The van der Waals surface area contributed by atoms with E-state index in [1.165, 1.54) is 12.0 Å². The highest BCUT2D eigenvalue weighted by Crippen LogP contribution is 2.21. The molecular weight excluding hydrogens is 176 g/mol. The van der Waals surface area contributed by atoms with Crippen molar-refractivity contribution < 1.29 is 14.0 Å². The van der Waals surface area contributed by atoms with Gasteiger partial charge in [-0.1, -0.05) is 0 Å². The van der Waals surface area contributed by atoms with Crippen molar-refractivity contribution in [1.29, 1.82) is 0 Å². The van der Waals surface area contributed by atoms with E-state index < -0.39 is 0 Å². The summed E-state index contributed by atoms with van der Waals surface area (Å²) in [6, 6.07) is 6.77. The van der Waals surface area contributed by atoms with Crippen LogP contribution in [0.15, 0.2) is 29.2 Å². The van der Waals surface area contributed by atoms with Crippen molar-refractivity contribution in [2.75, 3.05) is 13.9 Å². The fourth-order valence-electron chi connectivity index (χ4n) is 0.642. The molecule has 1 N–H and O–H groups in total. The lowest BCUT2D eigenvalue weighted by Crippen LogP contribution is -1.87. The molecule has 3 nitrogen and oxygen atoms in total. The molecule has 0 saturated heterocycles. The monoisotopic (exact) mass is 186 g/mol. The predicted molar refractivity (Wildman–Crippen MR) is 46.9 cm³/mol. The van der Waals surface area contributed by atoms with Crippen molar-refractivity contribution in [3.8, 4) is 5.75 Å². The molecule has 0 spiro atoms. The van der Waals surface area contributed by atoms with Gasteiger partial charge in [-0.2, -0.15) is 0 Å². The van der Waals surface area contributed by atoms with Crippen LogP contribution in [0.3, 0.4) is 0 Å². The fourth-order valence-corrected chi connectivity index (χ4v) is 1.17. The lowest BCUT2D eigenvalue weighted by Gasteiger charge is -2.00. The second-order valence-electron chi connectivity index (χ2n) is 2.10. The smallest absolute Gasteiger partial charge is 0.160 e. The van der Waals surface area contributed by atoms with Gasteiger partial charge in [0.15, 0.2) is 6.79 Å². The number of phenols is 1. The van der Waals surface area contributed by atoms with E-state index in [1.54, 1.807) is 31.4 Å². The van der Waals surface area contributed by atoms with E-state index in [0.29, 0.717) is 0 Å². The Morgan fingerprint density at radius 3 is 2.58 bits per heavy atom. The van der Waals surface area contributed by atoms with E-state index in [9.17, 15) is 0 Å². The minimum atomic E-state index is 0.255. The SMILES string of the molecule is COCOSc1ccc(O)cc1. The zero-order valence-corrected chi connectivity index (χ0v) is 7.50.